The molecule has 0 amide bonds. The number of morpholine rings is 1. The standard InChI is InChI=1S/C21H21ClN2O4S2/c22-18-6-4-17(5-7-18)21-23-19(13-28-21)15-29-14-16-2-1-3-20(12-16)30(25,26)24-8-10-27-11-9-24/h1-7,12-13H,8-11,14-15H2. The number of nitrogens with zero attached hydrogens (tertiary/aromatic N) is 2. The smallest absolute Gasteiger partial charge is 0.243 e. The quantitative estimate of drug-likeness (QED) is 0.514. The lowest BCUT2D eigenvalue weighted by Crippen LogP contribution is -2.40. The molecule has 1 aromatic heterocycles. The number of halogens is 1. The van der Waals surface area contributed by atoms with E-state index in [1.807, 2.05) is 18.2 Å². The molecule has 0 atom stereocenters. The second-order valence-electron chi connectivity index (χ2n) is 6.81. The van der Waals surface area contributed by atoms with Gasteiger partial charge < -0.3 is 9.15 Å². The summed E-state index contributed by atoms with van der Waals surface area (Å²) in [6.45, 7) is 1.65. The summed E-state index contributed by atoms with van der Waals surface area (Å²) in [7, 11) is -3.48. The van der Waals surface area contributed by atoms with Gasteiger partial charge in [-0.3, -0.25) is 0 Å². The van der Waals surface area contributed by atoms with Gasteiger partial charge in [0.2, 0.25) is 15.9 Å². The zero-order chi connectivity index (χ0) is 21.0. The van der Waals surface area contributed by atoms with Crippen molar-refractivity contribution >= 4 is 33.4 Å². The maximum absolute atomic E-state index is 12.8. The van der Waals surface area contributed by atoms with Crippen molar-refractivity contribution in [3.8, 4) is 11.5 Å². The normalized spacial score (nSPS) is 15.4. The lowest BCUT2D eigenvalue weighted by Gasteiger charge is -2.26. The van der Waals surface area contributed by atoms with Crippen LogP contribution in [-0.2, 0) is 26.3 Å². The van der Waals surface area contributed by atoms with Gasteiger partial charge >= 0.3 is 0 Å². The number of oxazole rings is 1. The second-order valence-corrected chi connectivity index (χ2v) is 10.2. The van der Waals surface area contributed by atoms with Crippen LogP contribution in [0.5, 0.6) is 0 Å². The van der Waals surface area contributed by atoms with Crippen molar-refractivity contribution in [3.05, 3.63) is 71.1 Å². The Morgan fingerprint density at radius 2 is 1.83 bits per heavy atom. The molecule has 0 bridgehead atoms. The predicted molar refractivity (Wildman–Crippen MR) is 118 cm³/mol. The molecule has 1 fully saturated rings. The Morgan fingerprint density at radius 1 is 1.07 bits per heavy atom. The summed E-state index contributed by atoms with van der Waals surface area (Å²) < 4.78 is 38.0. The zero-order valence-electron chi connectivity index (χ0n) is 16.2. The maximum Gasteiger partial charge on any atom is 0.243 e. The number of hydrogen-bond donors (Lipinski definition) is 0. The third-order valence-electron chi connectivity index (χ3n) is 4.67. The monoisotopic (exact) mass is 464 g/mol. The second kappa shape index (κ2) is 9.53. The number of ether oxygens (including phenoxy) is 1. The third-order valence-corrected chi connectivity index (χ3v) is 7.85. The van der Waals surface area contributed by atoms with Gasteiger partial charge in [-0.2, -0.15) is 16.1 Å². The van der Waals surface area contributed by atoms with Crippen molar-refractivity contribution in [3.63, 3.8) is 0 Å². The first-order valence-electron chi connectivity index (χ1n) is 9.47. The van der Waals surface area contributed by atoms with E-state index < -0.39 is 10.0 Å². The van der Waals surface area contributed by atoms with E-state index in [2.05, 4.69) is 4.98 Å². The van der Waals surface area contributed by atoms with Gasteiger partial charge in [-0.25, -0.2) is 13.4 Å². The number of thioether (sulfide) groups is 1. The molecule has 3 aromatic rings. The Bertz CT molecular complexity index is 1090. The lowest BCUT2D eigenvalue weighted by atomic mass is 10.2. The molecule has 158 valence electrons. The molecule has 0 unspecified atom stereocenters. The van der Waals surface area contributed by atoms with Crippen molar-refractivity contribution in [2.75, 3.05) is 26.3 Å². The van der Waals surface area contributed by atoms with E-state index in [9.17, 15) is 8.42 Å². The highest BCUT2D eigenvalue weighted by Crippen LogP contribution is 2.25. The van der Waals surface area contributed by atoms with Crippen molar-refractivity contribution in [2.24, 2.45) is 0 Å². The summed E-state index contributed by atoms with van der Waals surface area (Å²) in [5.74, 6) is 1.90. The first-order valence-corrected chi connectivity index (χ1v) is 12.4. The van der Waals surface area contributed by atoms with E-state index in [1.54, 1.807) is 48.4 Å². The number of sulfonamides is 1. The molecule has 4 rings (SSSR count). The minimum atomic E-state index is -3.48. The average molecular weight is 465 g/mol. The number of aromatic nitrogens is 1. The van der Waals surface area contributed by atoms with Gasteiger partial charge in [0.25, 0.3) is 0 Å². The molecule has 0 radical (unpaired) electrons. The molecule has 0 N–H and O–H groups in total. The Morgan fingerprint density at radius 3 is 2.60 bits per heavy atom. The summed E-state index contributed by atoms with van der Waals surface area (Å²) in [6.07, 6.45) is 1.65. The Labute approximate surface area is 185 Å². The Kier molecular flexibility index (Phi) is 6.80. The molecule has 30 heavy (non-hydrogen) atoms. The van der Waals surface area contributed by atoms with Crippen LogP contribution in [0.25, 0.3) is 11.5 Å². The molecular weight excluding hydrogens is 444 g/mol. The molecule has 0 aliphatic carbocycles. The minimum Gasteiger partial charge on any atom is -0.444 e. The summed E-state index contributed by atoms with van der Waals surface area (Å²) >= 11 is 7.57. The maximum atomic E-state index is 12.8. The van der Waals surface area contributed by atoms with Gasteiger partial charge in [-0.15, -0.1) is 0 Å². The topological polar surface area (TPSA) is 72.6 Å². The van der Waals surface area contributed by atoms with Crippen LogP contribution in [-0.4, -0.2) is 44.0 Å². The van der Waals surface area contributed by atoms with Crippen LogP contribution in [0.4, 0.5) is 0 Å². The fourth-order valence-electron chi connectivity index (χ4n) is 3.10. The van der Waals surface area contributed by atoms with Crippen LogP contribution in [0.15, 0.2) is 64.1 Å². The highest BCUT2D eigenvalue weighted by atomic mass is 35.5. The van der Waals surface area contributed by atoms with E-state index >= 15 is 0 Å². The van der Waals surface area contributed by atoms with Gasteiger partial charge in [0.1, 0.15) is 6.26 Å². The zero-order valence-corrected chi connectivity index (χ0v) is 18.5. The minimum absolute atomic E-state index is 0.328. The molecule has 0 saturated carbocycles. The summed E-state index contributed by atoms with van der Waals surface area (Å²) in [5.41, 5.74) is 2.66. The van der Waals surface area contributed by atoms with Gasteiger partial charge in [-0.05, 0) is 42.0 Å². The summed E-state index contributed by atoms with van der Waals surface area (Å²) in [5, 5.41) is 0.666. The van der Waals surface area contributed by atoms with Crippen LogP contribution >= 0.6 is 23.4 Å². The number of rotatable bonds is 7. The fraction of sp³-hybridized carbons (Fsp3) is 0.286. The van der Waals surface area contributed by atoms with Crippen molar-refractivity contribution in [1.82, 2.24) is 9.29 Å². The molecule has 1 saturated heterocycles. The van der Waals surface area contributed by atoms with Crippen LogP contribution < -0.4 is 0 Å². The highest BCUT2D eigenvalue weighted by Gasteiger charge is 2.26. The molecule has 0 spiro atoms. The molecule has 2 heterocycles. The average Bonchev–Trinajstić information content (AvgIpc) is 3.24. The number of hydrogen-bond acceptors (Lipinski definition) is 6. The molecule has 2 aromatic carbocycles. The van der Waals surface area contributed by atoms with Gasteiger partial charge in [0.15, 0.2) is 0 Å². The SMILES string of the molecule is O=S(=O)(c1cccc(CSCc2coc(-c3ccc(Cl)cc3)n2)c1)N1CCOCC1. The van der Waals surface area contributed by atoms with Crippen molar-refractivity contribution in [2.45, 2.75) is 16.4 Å². The van der Waals surface area contributed by atoms with E-state index in [0.29, 0.717) is 53.6 Å². The van der Waals surface area contributed by atoms with Crippen molar-refractivity contribution < 1.29 is 17.6 Å². The first-order chi connectivity index (χ1) is 14.5. The van der Waals surface area contributed by atoms with Crippen LogP contribution in [0.2, 0.25) is 5.02 Å². The third kappa shape index (κ3) is 5.07. The van der Waals surface area contributed by atoms with Gasteiger partial charge in [0.05, 0.1) is 23.8 Å². The van der Waals surface area contributed by atoms with E-state index in [1.165, 1.54) is 4.31 Å². The van der Waals surface area contributed by atoms with E-state index in [0.717, 1.165) is 16.8 Å². The van der Waals surface area contributed by atoms with E-state index in [4.69, 9.17) is 20.8 Å². The number of benzene rings is 2. The van der Waals surface area contributed by atoms with E-state index in [-0.39, 0.29) is 0 Å². The molecule has 1 aliphatic rings. The predicted octanol–water partition coefficient (Wildman–Crippen LogP) is 4.45. The Balaban J connectivity index is 1.37. The fourth-order valence-corrected chi connectivity index (χ4v) is 5.57. The molecule has 6 nitrogen and oxygen atoms in total. The molecule has 1 aliphatic heterocycles. The van der Waals surface area contributed by atoms with Crippen LogP contribution in [0.3, 0.4) is 0 Å². The summed E-state index contributed by atoms with van der Waals surface area (Å²) in [4.78, 5) is 4.84. The molecule has 9 heteroatoms. The van der Waals surface area contributed by atoms with Gasteiger partial charge in [-0.1, -0.05) is 23.7 Å². The molecular formula is C21H21ClN2O4S2. The van der Waals surface area contributed by atoms with Crippen LogP contribution in [0, 0.1) is 0 Å². The van der Waals surface area contributed by atoms with Gasteiger partial charge in [0, 0.05) is 35.2 Å². The summed E-state index contributed by atoms with van der Waals surface area (Å²) in [6, 6.07) is 14.5. The largest absolute Gasteiger partial charge is 0.444 e. The first kappa shape index (κ1) is 21.4. The lowest BCUT2D eigenvalue weighted by molar-refractivity contribution is 0.0730. The highest BCUT2D eigenvalue weighted by molar-refractivity contribution is 7.97. The Hall–Kier alpha value is -1.84. The van der Waals surface area contributed by atoms with Crippen molar-refractivity contribution in [1.29, 1.82) is 0 Å². The van der Waals surface area contributed by atoms with Crippen LogP contribution in [0.1, 0.15) is 11.3 Å².